The number of hydrogen-bond donors (Lipinski definition) is 1. The number of nitrogens with zero attached hydrogens (tertiary/aromatic N) is 1. The molecule has 8 heteroatoms. The van der Waals surface area contributed by atoms with Crippen LogP contribution in [0.25, 0.3) is 0 Å². The molecule has 1 aliphatic heterocycles. The summed E-state index contributed by atoms with van der Waals surface area (Å²) in [6, 6.07) is 18.3. The fourth-order valence-electron chi connectivity index (χ4n) is 3.91. The number of sulfonamides is 1. The third kappa shape index (κ3) is 4.97. The molecule has 1 amide bonds. The first-order chi connectivity index (χ1) is 16.3. The van der Waals surface area contributed by atoms with Gasteiger partial charge < -0.3 is 9.64 Å². The van der Waals surface area contributed by atoms with Crippen LogP contribution in [0.4, 0.5) is 11.4 Å². The summed E-state index contributed by atoms with van der Waals surface area (Å²) in [5, 5.41) is 0. The molecule has 3 aromatic rings. The van der Waals surface area contributed by atoms with Crippen LogP contribution in [0.5, 0.6) is 0 Å². The van der Waals surface area contributed by atoms with E-state index in [1.54, 1.807) is 24.0 Å². The summed E-state index contributed by atoms with van der Waals surface area (Å²) in [5.41, 5.74) is 3.90. The van der Waals surface area contributed by atoms with Crippen molar-refractivity contribution in [3.63, 3.8) is 0 Å². The Morgan fingerprint density at radius 3 is 2.32 bits per heavy atom. The summed E-state index contributed by atoms with van der Waals surface area (Å²) in [6.07, 6.45) is 1.43. The van der Waals surface area contributed by atoms with Crippen molar-refractivity contribution in [2.75, 3.05) is 22.8 Å². The van der Waals surface area contributed by atoms with Crippen molar-refractivity contribution in [1.82, 2.24) is 0 Å². The molecule has 3 aromatic carbocycles. The van der Waals surface area contributed by atoms with Crippen molar-refractivity contribution in [3.8, 4) is 0 Å². The van der Waals surface area contributed by atoms with Crippen LogP contribution in [0.2, 0.25) is 0 Å². The first-order valence-corrected chi connectivity index (χ1v) is 12.6. The lowest BCUT2D eigenvalue weighted by Crippen LogP contribution is -2.35. The van der Waals surface area contributed by atoms with Crippen LogP contribution in [-0.4, -0.2) is 33.4 Å². The van der Waals surface area contributed by atoms with Crippen molar-refractivity contribution in [2.24, 2.45) is 0 Å². The lowest BCUT2D eigenvalue weighted by molar-refractivity contribution is 0.0526. The Morgan fingerprint density at radius 2 is 1.65 bits per heavy atom. The van der Waals surface area contributed by atoms with Crippen LogP contribution in [0.1, 0.15) is 45.2 Å². The maximum Gasteiger partial charge on any atom is 0.338 e. The minimum absolute atomic E-state index is 0.101. The zero-order valence-corrected chi connectivity index (χ0v) is 19.9. The van der Waals surface area contributed by atoms with Crippen LogP contribution in [0, 0.1) is 6.92 Å². The number of nitrogens with one attached hydrogen (secondary N) is 1. The van der Waals surface area contributed by atoms with E-state index >= 15 is 0 Å². The van der Waals surface area contributed by atoms with E-state index < -0.39 is 16.0 Å². The first kappa shape index (κ1) is 23.5. The molecule has 0 saturated heterocycles. The number of anilines is 2. The number of amides is 1. The van der Waals surface area contributed by atoms with Crippen molar-refractivity contribution < 1.29 is 22.7 Å². The van der Waals surface area contributed by atoms with Crippen molar-refractivity contribution >= 4 is 33.3 Å². The Hall–Kier alpha value is -3.65. The van der Waals surface area contributed by atoms with Gasteiger partial charge >= 0.3 is 5.97 Å². The van der Waals surface area contributed by atoms with Gasteiger partial charge in [-0.2, -0.15) is 0 Å². The van der Waals surface area contributed by atoms with Gasteiger partial charge in [-0.15, -0.1) is 0 Å². The molecule has 176 valence electrons. The molecule has 0 aliphatic carbocycles. The molecular formula is C26H26N2O5S. The predicted octanol–water partition coefficient (Wildman–Crippen LogP) is 4.57. The number of carbonyl (C=O) groups excluding carboxylic acids is 2. The van der Waals surface area contributed by atoms with E-state index in [2.05, 4.69) is 4.72 Å². The maximum absolute atomic E-state index is 13.1. The summed E-state index contributed by atoms with van der Waals surface area (Å²) < 4.78 is 33.5. The van der Waals surface area contributed by atoms with Gasteiger partial charge in [-0.3, -0.25) is 9.52 Å². The standard InChI is InChI=1S/C26H26N2O5S/c1-3-33-26(30)20-10-12-22(13-11-20)27-34(31,32)23-14-15-24-21(17-23)5-4-16-28(24)25(29)19-8-6-18(2)7-9-19/h6-15,17,27H,3-5,16H2,1-2H3. The zero-order chi connectivity index (χ0) is 24.3. The molecule has 1 aliphatic rings. The van der Waals surface area contributed by atoms with Crippen LogP contribution in [0.15, 0.2) is 71.6 Å². The van der Waals surface area contributed by atoms with Gasteiger partial charge in [0.05, 0.1) is 17.1 Å². The van der Waals surface area contributed by atoms with Crippen LogP contribution >= 0.6 is 0 Å². The highest BCUT2D eigenvalue weighted by Gasteiger charge is 2.25. The number of esters is 1. The number of rotatable bonds is 6. The molecule has 7 nitrogen and oxygen atoms in total. The van der Waals surface area contributed by atoms with Gasteiger partial charge in [-0.05, 0) is 86.8 Å². The number of carbonyl (C=O) groups is 2. The van der Waals surface area contributed by atoms with E-state index in [1.807, 2.05) is 31.2 Å². The maximum atomic E-state index is 13.1. The Labute approximate surface area is 199 Å². The summed E-state index contributed by atoms with van der Waals surface area (Å²) in [4.78, 5) is 26.7. The van der Waals surface area contributed by atoms with E-state index in [4.69, 9.17) is 4.74 Å². The van der Waals surface area contributed by atoms with E-state index in [0.29, 0.717) is 29.8 Å². The minimum atomic E-state index is -3.85. The third-order valence-electron chi connectivity index (χ3n) is 5.67. The Morgan fingerprint density at radius 1 is 0.971 bits per heavy atom. The molecule has 0 atom stereocenters. The number of ether oxygens (including phenoxy) is 1. The highest BCUT2D eigenvalue weighted by Crippen LogP contribution is 2.31. The largest absolute Gasteiger partial charge is 0.462 e. The average molecular weight is 479 g/mol. The smallest absolute Gasteiger partial charge is 0.338 e. The molecule has 0 radical (unpaired) electrons. The lowest BCUT2D eigenvalue weighted by Gasteiger charge is -2.30. The van der Waals surface area contributed by atoms with Gasteiger partial charge in [0.2, 0.25) is 0 Å². The average Bonchev–Trinajstić information content (AvgIpc) is 2.83. The molecule has 0 unspecified atom stereocenters. The molecule has 0 bridgehead atoms. The Balaban J connectivity index is 1.55. The van der Waals surface area contributed by atoms with Gasteiger partial charge in [-0.1, -0.05) is 17.7 Å². The summed E-state index contributed by atoms with van der Waals surface area (Å²) >= 11 is 0. The second-order valence-corrected chi connectivity index (χ2v) is 9.80. The normalized spacial score (nSPS) is 13.2. The zero-order valence-electron chi connectivity index (χ0n) is 19.1. The summed E-state index contributed by atoms with van der Waals surface area (Å²) in [7, 11) is -3.85. The summed E-state index contributed by atoms with van der Waals surface area (Å²) in [6.45, 7) is 4.53. The SMILES string of the molecule is CCOC(=O)c1ccc(NS(=O)(=O)c2ccc3c(c2)CCCN3C(=O)c2ccc(C)cc2)cc1. The highest BCUT2D eigenvalue weighted by molar-refractivity contribution is 7.92. The third-order valence-corrected chi connectivity index (χ3v) is 7.05. The molecule has 0 fully saturated rings. The molecule has 0 spiro atoms. The number of fused-ring (bicyclic) bond motifs is 1. The topological polar surface area (TPSA) is 92.8 Å². The molecule has 0 saturated carbocycles. The second-order valence-electron chi connectivity index (χ2n) is 8.12. The number of hydrogen-bond acceptors (Lipinski definition) is 5. The predicted molar refractivity (Wildman–Crippen MR) is 131 cm³/mol. The monoisotopic (exact) mass is 478 g/mol. The van der Waals surface area contributed by atoms with E-state index in [0.717, 1.165) is 23.2 Å². The van der Waals surface area contributed by atoms with Crippen LogP contribution < -0.4 is 9.62 Å². The highest BCUT2D eigenvalue weighted by atomic mass is 32.2. The van der Waals surface area contributed by atoms with Gasteiger partial charge in [-0.25, -0.2) is 13.2 Å². The summed E-state index contributed by atoms with van der Waals surface area (Å²) in [5.74, 6) is -0.562. The Kier molecular flexibility index (Phi) is 6.70. The van der Waals surface area contributed by atoms with Gasteiger partial charge in [0, 0.05) is 23.5 Å². The van der Waals surface area contributed by atoms with Crippen LogP contribution in [0.3, 0.4) is 0 Å². The van der Waals surface area contributed by atoms with Crippen molar-refractivity contribution in [2.45, 2.75) is 31.6 Å². The first-order valence-electron chi connectivity index (χ1n) is 11.1. The molecule has 34 heavy (non-hydrogen) atoms. The quantitative estimate of drug-likeness (QED) is 0.524. The van der Waals surface area contributed by atoms with Gasteiger partial charge in [0.15, 0.2) is 0 Å². The Bertz CT molecular complexity index is 1320. The number of aryl methyl sites for hydroxylation is 2. The van der Waals surface area contributed by atoms with E-state index in [-0.39, 0.29) is 17.4 Å². The molecule has 4 rings (SSSR count). The molecule has 1 heterocycles. The minimum Gasteiger partial charge on any atom is -0.462 e. The molecule has 1 N–H and O–H groups in total. The van der Waals surface area contributed by atoms with Crippen molar-refractivity contribution in [3.05, 3.63) is 89.0 Å². The second kappa shape index (κ2) is 9.69. The molecule has 0 aromatic heterocycles. The van der Waals surface area contributed by atoms with Gasteiger partial charge in [0.1, 0.15) is 0 Å². The fraction of sp³-hybridized carbons (Fsp3) is 0.231. The van der Waals surface area contributed by atoms with Gasteiger partial charge in [0.25, 0.3) is 15.9 Å². The van der Waals surface area contributed by atoms with E-state index in [1.165, 1.54) is 30.3 Å². The fourth-order valence-corrected chi connectivity index (χ4v) is 5.02. The van der Waals surface area contributed by atoms with E-state index in [9.17, 15) is 18.0 Å². The number of benzene rings is 3. The molecular weight excluding hydrogens is 452 g/mol. The van der Waals surface area contributed by atoms with Crippen molar-refractivity contribution in [1.29, 1.82) is 0 Å². The van der Waals surface area contributed by atoms with Crippen LogP contribution in [-0.2, 0) is 21.2 Å². The lowest BCUT2D eigenvalue weighted by atomic mass is 10.0.